The third-order valence-electron chi connectivity index (χ3n) is 6.15. The third kappa shape index (κ3) is 2.10. The summed E-state index contributed by atoms with van der Waals surface area (Å²) >= 11 is 0. The van der Waals surface area contributed by atoms with Crippen LogP contribution in [0.5, 0.6) is 0 Å². The summed E-state index contributed by atoms with van der Waals surface area (Å²) in [6.07, 6.45) is 10.2. The Morgan fingerprint density at radius 1 is 1.05 bits per heavy atom. The molecule has 2 N–H and O–H groups in total. The van der Waals surface area contributed by atoms with Gasteiger partial charge in [-0.3, -0.25) is 4.79 Å². The fourth-order valence-electron chi connectivity index (χ4n) is 5.70. The van der Waals surface area contributed by atoms with Gasteiger partial charge in [0.2, 0.25) is 5.91 Å². The van der Waals surface area contributed by atoms with E-state index in [1.54, 1.807) is 0 Å². The van der Waals surface area contributed by atoms with E-state index in [0.717, 1.165) is 37.3 Å². The maximum Gasteiger partial charge on any atom is 0.226 e. The number of nitrogens with one attached hydrogen (secondary N) is 2. The minimum Gasteiger partial charge on any atom is -0.352 e. The van der Waals surface area contributed by atoms with E-state index >= 15 is 0 Å². The largest absolute Gasteiger partial charge is 0.352 e. The summed E-state index contributed by atoms with van der Waals surface area (Å²) in [5, 5.41) is 6.77. The van der Waals surface area contributed by atoms with Gasteiger partial charge in [0.25, 0.3) is 0 Å². The Kier molecular flexibility index (Phi) is 2.87. The summed E-state index contributed by atoms with van der Waals surface area (Å²) in [6.45, 7) is 2.09. The molecule has 1 amide bonds. The van der Waals surface area contributed by atoms with Crippen molar-refractivity contribution in [3.8, 4) is 0 Å². The summed E-state index contributed by atoms with van der Waals surface area (Å²) in [5.41, 5.74) is 0.0339. The quantitative estimate of drug-likeness (QED) is 0.800. The number of rotatable bonds is 2. The van der Waals surface area contributed by atoms with E-state index < -0.39 is 0 Å². The second kappa shape index (κ2) is 4.47. The van der Waals surface area contributed by atoms with Gasteiger partial charge in [0.05, 0.1) is 0 Å². The monoisotopic (exact) mass is 262 g/mol. The van der Waals surface area contributed by atoms with Crippen LogP contribution in [0, 0.1) is 23.2 Å². The average Bonchev–Trinajstić information content (AvgIpc) is 2.38. The molecule has 19 heavy (non-hydrogen) atoms. The lowest BCUT2D eigenvalue weighted by Gasteiger charge is -2.56. The van der Waals surface area contributed by atoms with Gasteiger partial charge in [-0.1, -0.05) is 0 Å². The molecule has 5 rings (SSSR count). The van der Waals surface area contributed by atoms with Crippen LogP contribution in [-0.4, -0.2) is 25.0 Å². The van der Waals surface area contributed by atoms with Crippen molar-refractivity contribution in [2.75, 3.05) is 13.1 Å². The molecular weight excluding hydrogens is 236 g/mol. The van der Waals surface area contributed by atoms with E-state index in [1.807, 2.05) is 0 Å². The molecule has 0 aromatic carbocycles. The Bertz CT molecular complexity index is 338. The van der Waals surface area contributed by atoms with E-state index in [1.165, 1.54) is 44.9 Å². The average molecular weight is 262 g/mol. The standard InChI is InChI=1S/C16H26N2O/c19-15(18-14-2-1-3-17-10-14)16-7-11-4-12(8-16)6-13(5-11)9-16/h11-14,17H,1-10H2,(H,18,19). The number of piperidine rings is 1. The molecular formula is C16H26N2O. The van der Waals surface area contributed by atoms with E-state index in [4.69, 9.17) is 0 Å². The highest BCUT2D eigenvalue weighted by molar-refractivity contribution is 5.83. The van der Waals surface area contributed by atoms with Crippen LogP contribution in [-0.2, 0) is 4.79 Å². The van der Waals surface area contributed by atoms with Crippen LogP contribution in [0.1, 0.15) is 51.4 Å². The number of hydrogen-bond donors (Lipinski definition) is 2. The molecule has 1 aliphatic heterocycles. The molecule has 0 aromatic heterocycles. The zero-order valence-electron chi connectivity index (χ0n) is 11.8. The first-order valence-electron chi connectivity index (χ1n) is 8.25. The summed E-state index contributed by atoms with van der Waals surface area (Å²) in [7, 11) is 0. The molecule has 4 saturated carbocycles. The first-order chi connectivity index (χ1) is 9.23. The fourth-order valence-corrected chi connectivity index (χ4v) is 5.70. The van der Waals surface area contributed by atoms with Gasteiger partial charge in [-0.05, 0) is 75.7 Å². The second-order valence-corrected chi connectivity index (χ2v) is 7.71. The van der Waals surface area contributed by atoms with Crippen molar-refractivity contribution in [1.29, 1.82) is 0 Å². The van der Waals surface area contributed by atoms with E-state index in [-0.39, 0.29) is 5.41 Å². The van der Waals surface area contributed by atoms with Crippen LogP contribution in [0.4, 0.5) is 0 Å². The van der Waals surface area contributed by atoms with Crippen molar-refractivity contribution in [1.82, 2.24) is 10.6 Å². The molecule has 4 aliphatic carbocycles. The highest BCUT2D eigenvalue weighted by Crippen LogP contribution is 2.60. The molecule has 0 radical (unpaired) electrons. The highest BCUT2D eigenvalue weighted by Gasteiger charge is 2.54. The Morgan fingerprint density at radius 2 is 1.68 bits per heavy atom. The zero-order chi connectivity index (χ0) is 12.9. The number of carbonyl (C=O) groups is 1. The SMILES string of the molecule is O=C(NC1CCCNC1)C12CC3CC(CC(C3)C1)C2. The lowest BCUT2D eigenvalue weighted by atomic mass is 9.49. The van der Waals surface area contributed by atoms with Crippen molar-refractivity contribution in [3.05, 3.63) is 0 Å². The minimum absolute atomic E-state index is 0.0339. The van der Waals surface area contributed by atoms with Gasteiger partial charge in [0, 0.05) is 18.0 Å². The Hall–Kier alpha value is -0.570. The van der Waals surface area contributed by atoms with Crippen LogP contribution >= 0.6 is 0 Å². The Labute approximate surface area is 115 Å². The molecule has 5 aliphatic rings. The van der Waals surface area contributed by atoms with Crippen LogP contribution in [0.25, 0.3) is 0 Å². The van der Waals surface area contributed by atoms with Gasteiger partial charge in [0.15, 0.2) is 0 Å². The predicted molar refractivity (Wildman–Crippen MR) is 74.6 cm³/mol. The van der Waals surface area contributed by atoms with E-state index in [2.05, 4.69) is 10.6 Å². The summed E-state index contributed by atoms with van der Waals surface area (Å²) < 4.78 is 0. The molecule has 4 bridgehead atoms. The smallest absolute Gasteiger partial charge is 0.226 e. The van der Waals surface area contributed by atoms with Crippen molar-refractivity contribution in [2.45, 2.75) is 57.4 Å². The lowest BCUT2D eigenvalue weighted by Crippen LogP contribution is -2.57. The maximum atomic E-state index is 12.8. The molecule has 1 saturated heterocycles. The van der Waals surface area contributed by atoms with Crippen LogP contribution in [0.2, 0.25) is 0 Å². The van der Waals surface area contributed by atoms with Gasteiger partial charge in [0.1, 0.15) is 0 Å². The molecule has 0 aromatic rings. The molecule has 0 spiro atoms. The fraction of sp³-hybridized carbons (Fsp3) is 0.938. The van der Waals surface area contributed by atoms with Crippen LogP contribution < -0.4 is 10.6 Å². The van der Waals surface area contributed by atoms with Gasteiger partial charge in [-0.15, -0.1) is 0 Å². The van der Waals surface area contributed by atoms with Gasteiger partial charge in [-0.2, -0.15) is 0 Å². The molecule has 3 nitrogen and oxygen atoms in total. The number of hydrogen-bond acceptors (Lipinski definition) is 2. The van der Waals surface area contributed by atoms with Gasteiger partial charge in [-0.25, -0.2) is 0 Å². The summed E-state index contributed by atoms with van der Waals surface area (Å²) in [5.74, 6) is 2.99. The summed E-state index contributed by atoms with van der Waals surface area (Å²) in [6, 6.07) is 0.384. The summed E-state index contributed by atoms with van der Waals surface area (Å²) in [4.78, 5) is 12.8. The van der Waals surface area contributed by atoms with Crippen molar-refractivity contribution >= 4 is 5.91 Å². The molecule has 106 valence electrons. The molecule has 1 atom stereocenters. The normalized spacial score (nSPS) is 48.2. The lowest BCUT2D eigenvalue weighted by molar-refractivity contribution is -0.147. The molecule has 5 fully saturated rings. The van der Waals surface area contributed by atoms with Crippen LogP contribution in [0.3, 0.4) is 0 Å². The Morgan fingerprint density at radius 3 is 2.21 bits per heavy atom. The Balaban J connectivity index is 1.47. The van der Waals surface area contributed by atoms with Gasteiger partial charge >= 0.3 is 0 Å². The molecule has 1 unspecified atom stereocenters. The van der Waals surface area contributed by atoms with Crippen LogP contribution in [0.15, 0.2) is 0 Å². The topological polar surface area (TPSA) is 41.1 Å². The van der Waals surface area contributed by atoms with Crippen molar-refractivity contribution in [3.63, 3.8) is 0 Å². The second-order valence-electron chi connectivity index (χ2n) is 7.71. The van der Waals surface area contributed by atoms with Crippen molar-refractivity contribution < 1.29 is 4.79 Å². The predicted octanol–water partition coefficient (Wildman–Crippen LogP) is 2.07. The van der Waals surface area contributed by atoms with E-state index in [0.29, 0.717) is 11.9 Å². The highest BCUT2D eigenvalue weighted by atomic mass is 16.2. The first-order valence-corrected chi connectivity index (χ1v) is 8.25. The molecule has 3 heteroatoms. The van der Waals surface area contributed by atoms with E-state index in [9.17, 15) is 4.79 Å². The maximum absolute atomic E-state index is 12.8. The number of carbonyl (C=O) groups excluding carboxylic acids is 1. The third-order valence-corrected chi connectivity index (χ3v) is 6.15. The molecule has 1 heterocycles. The van der Waals surface area contributed by atoms with Crippen molar-refractivity contribution in [2.24, 2.45) is 23.2 Å². The minimum atomic E-state index is 0.0339. The number of amides is 1. The zero-order valence-corrected chi connectivity index (χ0v) is 11.8. The first kappa shape index (κ1) is 12.2. The van der Waals surface area contributed by atoms with Gasteiger partial charge < -0.3 is 10.6 Å².